The molecule has 0 aromatic heterocycles. The highest BCUT2D eigenvalue weighted by molar-refractivity contribution is 4.78. The van der Waals surface area contributed by atoms with E-state index in [0.29, 0.717) is 12.6 Å². The molecule has 0 saturated heterocycles. The Morgan fingerprint density at radius 1 is 1.29 bits per heavy atom. The van der Waals surface area contributed by atoms with Crippen molar-refractivity contribution in [1.82, 2.24) is 4.90 Å². The van der Waals surface area contributed by atoms with E-state index in [1.54, 1.807) is 0 Å². The van der Waals surface area contributed by atoms with Crippen molar-refractivity contribution in [3.05, 3.63) is 0 Å². The summed E-state index contributed by atoms with van der Waals surface area (Å²) in [6.07, 6.45) is 2.88. The second kappa shape index (κ2) is 5.66. The summed E-state index contributed by atoms with van der Waals surface area (Å²) in [6, 6.07) is 0.444. The molecule has 4 heteroatoms. The molecule has 3 N–H and O–H groups in total. The normalized spacial score (nSPS) is 30.6. The monoisotopic (exact) mass is 203 g/mol. The fourth-order valence-corrected chi connectivity index (χ4v) is 2.04. The van der Waals surface area contributed by atoms with Crippen molar-refractivity contribution in [3.8, 4) is 0 Å². The van der Waals surface area contributed by atoms with E-state index in [1.807, 2.05) is 7.05 Å². The summed E-state index contributed by atoms with van der Waals surface area (Å²) in [5, 5.41) is 27.3. The van der Waals surface area contributed by atoms with Gasteiger partial charge in [-0.2, -0.15) is 0 Å². The third kappa shape index (κ3) is 3.53. The Bertz CT molecular complexity index is 157. The number of hydrogen-bond acceptors (Lipinski definition) is 4. The first-order chi connectivity index (χ1) is 6.63. The molecule has 1 unspecified atom stereocenters. The first-order valence-electron chi connectivity index (χ1n) is 5.30. The van der Waals surface area contributed by atoms with E-state index in [-0.39, 0.29) is 12.7 Å². The predicted octanol–water partition coefficient (Wildman–Crippen LogP) is -0.425. The standard InChI is InChI=1S/C10H21NO3/c1-11(6-10(14)7-12)8-2-4-9(13)5-3-8/h8-10,12-14H,2-7H2,1H3/t8-,9-,10?. The van der Waals surface area contributed by atoms with Crippen LogP contribution in [0, 0.1) is 0 Å². The van der Waals surface area contributed by atoms with Gasteiger partial charge in [-0.3, -0.25) is 0 Å². The summed E-state index contributed by atoms with van der Waals surface area (Å²) < 4.78 is 0. The van der Waals surface area contributed by atoms with Crippen LogP contribution >= 0.6 is 0 Å². The largest absolute Gasteiger partial charge is 0.394 e. The first-order valence-corrected chi connectivity index (χ1v) is 5.30. The van der Waals surface area contributed by atoms with E-state index < -0.39 is 6.10 Å². The van der Waals surface area contributed by atoms with Gasteiger partial charge in [-0.25, -0.2) is 0 Å². The zero-order valence-corrected chi connectivity index (χ0v) is 8.76. The van der Waals surface area contributed by atoms with Crippen molar-refractivity contribution >= 4 is 0 Å². The fraction of sp³-hybridized carbons (Fsp3) is 1.00. The highest BCUT2D eigenvalue weighted by atomic mass is 16.3. The lowest BCUT2D eigenvalue weighted by Crippen LogP contribution is -2.41. The van der Waals surface area contributed by atoms with Crippen LogP contribution in [0.2, 0.25) is 0 Å². The molecule has 0 heterocycles. The predicted molar refractivity (Wildman–Crippen MR) is 54.0 cm³/mol. The van der Waals surface area contributed by atoms with Crippen molar-refractivity contribution in [2.75, 3.05) is 20.2 Å². The van der Waals surface area contributed by atoms with E-state index in [2.05, 4.69) is 4.90 Å². The second-order valence-electron chi connectivity index (χ2n) is 4.24. The van der Waals surface area contributed by atoms with Gasteiger partial charge in [0.1, 0.15) is 0 Å². The van der Waals surface area contributed by atoms with Crippen molar-refractivity contribution in [2.24, 2.45) is 0 Å². The lowest BCUT2D eigenvalue weighted by atomic mass is 9.92. The topological polar surface area (TPSA) is 63.9 Å². The molecule has 1 fully saturated rings. The number of aliphatic hydroxyl groups is 3. The Hall–Kier alpha value is -0.160. The van der Waals surface area contributed by atoms with Crippen LogP contribution in [0.1, 0.15) is 25.7 Å². The molecule has 1 rings (SSSR count). The Kier molecular flexibility index (Phi) is 4.81. The van der Waals surface area contributed by atoms with Gasteiger partial charge in [0.15, 0.2) is 0 Å². The maximum Gasteiger partial charge on any atom is 0.0897 e. The summed E-state index contributed by atoms with van der Waals surface area (Å²) in [5.74, 6) is 0. The number of rotatable bonds is 4. The SMILES string of the molecule is CN(CC(O)CO)[C@H]1CC[C@H](O)CC1. The third-order valence-electron chi connectivity index (χ3n) is 3.00. The molecule has 0 radical (unpaired) electrons. The van der Waals surface area contributed by atoms with Crippen LogP contribution in [-0.2, 0) is 0 Å². The van der Waals surface area contributed by atoms with Crippen LogP contribution in [0.3, 0.4) is 0 Å². The molecular formula is C10H21NO3. The smallest absolute Gasteiger partial charge is 0.0897 e. The van der Waals surface area contributed by atoms with Crippen molar-refractivity contribution < 1.29 is 15.3 Å². The average molecular weight is 203 g/mol. The molecule has 0 spiro atoms. The average Bonchev–Trinajstić information content (AvgIpc) is 2.18. The lowest BCUT2D eigenvalue weighted by molar-refractivity contribution is 0.0338. The van der Waals surface area contributed by atoms with Gasteiger partial charge in [-0.1, -0.05) is 0 Å². The van der Waals surface area contributed by atoms with Gasteiger partial charge in [-0.15, -0.1) is 0 Å². The van der Waals surface area contributed by atoms with Crippen LogP contribution in [0.5, 0.6) is 0 Å². The maximum absolute atomic E-state index is 9.33. The quantitative estimate of drug-likeness (QED) is 0.580. The summed E-state index contributed by atoms with van der Waals surface area (Å²) >= 11 is 0. The van der Waals surface area contributed by atoms with E-state index >= 15 is 0 Å². The fourth-order valence-electron chi connectivity index (χ4n) is 2.04. The number of aliphatic hydroxyl groups excluding tert-OH is 3. The molecular weight excluding hydrogens is 182 g/mol. The molecule has 1 atom stereocenters. The summed E-state index contributed by atoms with van der Waals surface area (Å²) in [7, 11) is 1.96. The second-order valence-corrected chi connectivity index (χ2v) is 4.24. The molecule has 0 aromatic carbocycles. The molecule has 0 bridgehead atoms. The van der Waals surface area contributed by atoms with Crippen molar-refractivity contribution in [1.29, 1.82) is 0 Å². The van der Waals surface area contributed by atoms with E-state index in [1.165, 1.54) is 0 Å². The maximum atomic E-state index is 9.33. The minimum atomic E-state index is -0.646. The van der Waals surface area contributed by atoms with Gasteiger partial charge >= 0.3 is 0 Å². The Morgan fingerprint density at radius 3 is 2.36 bits per heavy atom. The summed E-state index contributed by atoms with van der Waals surface area (Å²) in [5.41, 5.74) is 0. The molecule has 84 valence electrons. The van der Waals surface area contributed by atoms with Gasteiger partial charge in [0, 0.05) is 12.6 Å². The molecule has 4 nitrogen and oxygen atoms in total. The molecule has 0 aliphatic heterocycles. The van der Waals surface area contributed by atoms with Crippen molar-refractivity contribution in [2.45, 2.75) is 43.9 Å². The highest BCUT2D eigenvalue weighted by Gasteiger charge is 2.23. The zero-order valence-electron chi connectivity index (χ0n) is 8.76. The molecule has 0 aromatic rings. The zero-order chi connectivity index (χ0) is 10.6. The van der Waals surface area contributed by atoms with Gasteiger partial charge in [0.05, 0.1) is 18.8 Å². The molecule has 0 amide bonds. The van der Waals surface area contributed by atoms with Crippen molar-refractivity contribution in [3.63, 3.8) is 0 Å². The minimum Gasteiger partial charge on any atom is -0.394 e. The number of nitrogens with zero attached hydrogens (tertiary/aromatic N) is 1. The van der Waals surface area contributed by atoms with Gasteiger partial charge < -0.3 is 20.2 Å². The minimum absolute atomic E-state index is 0.137. The van der Waals surface area contributed by atoms with Crippen LogP contribution < -0.4 is 0 Å². The number of hydrogen-bond donors (Lipinski definition) is 3. The molecule has 14 heavy (non-hydrogen) atoms. The van der Waals surface area contributed by atoms with Gasteiger partial charge in [-0.05, 0) is 32.7 Å². The summed E-state index contributed by atoms with van der Waals surface area (Å²) in [6.45, 7) is 0.330. The van der Waals surface area contributed by atoms with Crippen LogP contribution in [0.4, 0.5) is 0 Å². The van der Waals surface area contributed by atoms with E-state index in [9.17, 15) is 10.2 Å². The molecule has 1 aliphatic rings. The Labute approximate surface area is 85.2 Å². The van der Waals surface area contributed by atoms with Crippen LogP contribution in [0.15, 0.2) is 0 Å². The Morgan fingerprint density at radius 2 is 1.86 bits per heavy atom. The van der Waals surface area contributed by atoms with E-state index in [0.717, 1.165) is 25.7 Å². The summed E-state index contributed by atoms with van der Waals surface area (Å²) in [4.78, 5) is 2.08. The Balaban J connectivity index is 2.26. The molecule has 1 saturated carbocycles. The van der Waals surface area contributed by atoms with Crippen LogP contribution in [0.25, 0.3) is 0 Å². The van der Waals surface area contributed by atoms with Crippen LogP contribution in [-0.4, -0.2) is 58.7 Å². The third-order valence-corrected chi connectivity index (χ3v) is 3.00. The first kappa shape index (κ1) is 11.9. The lowest BCUT2D eigenvalue weighted by Gasteiger charge is -2.33. The van der Waals surface area contributed by atoms with Gasteiger partial charge in [0.2, 0.25) is 0 Å². The highest BCUT2D eigenvalue weighted by Crippen LogP contribution is 2.22. The van der Waals surface area contributed by atoms with Gasteiger partial charge in [0.25, 0.3) is 0 Å². The van der Waals surface area contributed by atoms with E-state index in [4.69, 9.17) is 5.11 Å². The molecule has 1 aliphatic carbocycles. The number of likely N-dealkylation sites (N-methyl/N-ethyl adjacent to an activating group) is 1.